The number of methoxy groups -OCH3 is 2. The van der Waals surface area contributed by atoms with Crippen LogP contribution in [0.4, 0.5) is 4.39 Å². The van der Waals surface area contributed by atoms with E-state index in [1.807, 2.05) is 24.3 Å². The van der Waals surface area contributed by atoms with Crippen molar-refractivity contribution in [3.05, 3.63) is 59.4 Å². The SMILES string of the molecule is COc1ccccc1CC(=O)N1CCC(NC(=O)c2cc(F)ccc2OC)CC1. The largest absolute Gasteiger partial charge is 0.496 e. The van der Waals surface area contributed by atoms with Gasteiger partial charge in [0.1, 0.15) is 17.3 Å². The average Bonchev–Trinajstić information content (AvgIpc) is 2.74. The van der Waals surface area contributed by atoms with Gasteiger partial charge in [0.2, 0.25) is 5.91 Å². The summed E-state index contributed by atoms with van der Waals surface area (Å²) in [7, 11) is 3.03. The summed E-state index contributed by atoms with van der Waals surface area (Å²) in [5, 5.41) is 2.92. The van der Waals surface area contributed by atoms with E-state index >= 15 is 0 Å². The lowest BCUT2D eigenvalue weighted by atomic mass is 10.0. The number of likely N-dealkylation sites (tertiary alicyclic amines) is 1. The Kier molecular flexibility index (Phi) is 6.69. The lowest BCUT2D eigenvalue weighted by molar-refractivity contribution is -0.131. The van der Waals surface area contributed by atoms with Gasteiger partial charge in [0.05, 0.1) is 26.2 Å². The summed E-state index contributed by atoms with van der Waals surface area (Å²) in [5.41, 5.74) is 1.02. The zero-order valence-corrected chi connectivity index (χ0v) is 16.6. The maximum atomic E-state index is 13.5. The van der Waals surface area contributed by atoms with E-state index < -0.39 is 5.82 Å². The number of halogens is 1. The molecule has 0 radical (unpaired) electrons. The molecule has 3 rings (SSSR count). The van der Waals surface area contributed by atoms with Crippen molar-refractivity contribution in [1.29, 1.82) is 0 Å². The smallest absolute Gasteiger partial charge is 0.255 e. The third-order valence-corrected chi connectivity index (χ3v) is 5.12. The van der Waals surface area contributed by atoms with E-state index in [9.17, 15) is 14.0 Å². The molecule has 0 bridgehead atoms. The van der Waals surface area contributed by atoms with Crippen LogP contribution in [0.1, 0.15) is 28.8 Å². The quantitative estimate of drug-likeness (QED) is 0.810. The zero-order valence-electron chi connectivity index (χ0n) is 16.6. The fourth-order valence-electron chi connectivity index (χ4n) is 3.52. The average molecular weight is 400 g/mol. The summed E-state index contributed by atoms with van der Waals surface area (Å²) in [6.07, 6.45) is 1.56. The van der Waals surface area contributed by atoms with Crippen LogP contribution >= 0.6 is 0 Å². The Labute approximate surface area is 169 Å². The fraction of sp³-hybridized carbons (Fsp3) is 0.364. The second-order valence-corrected chi connectivity index (χ2v) is 6.96. The second-order valence-electron chi connectivity index (χ2n) is 6.96. The maximum absolute atomic E-state index is 13.5. The van der Waals surface area contributed by atoms with E-state index in [2.05, 4.69) is 5.32 Å². The molecule has 0 unspecified atom stereocenters. The van der Waals surface area contributed by atoms with Crippen LogP contribution < -0.4 is 14.8 Å². The Morgan fingerprint density at radius 1 is 1.07 bits per heavy atom. The first-order valence-corrected chi connectivity index (χ1v) is 9.56. The highest BCUT2D eigenvalue weighted by Crippen LogP contribution is 2.22. The molecule has 2 amide bonds. The molecule has 1 N–H and O–H groups in total. The van der Waals surface area contributed by atoms with Crippen LogP contribution in [0, 0.1) is 5.82 Å². The van der Waals surface area contributed by atoms with Gasteiger partial charge in [-0.2, -0.15) is 0 Å². The first-order valence-electron chi connectivity index (χ1n) is 9.56. The van der Waals surface area contributed by atoms with Crippen LogP contribution in [0.2, 0.25) is 0 Å². The summed E-state index contributed by atoms with van der Waals surface area (Å²) in [5.74, 6) is 0.194. The van der Waals surface area contributed by atoms with Crippen LogP contribution in [0.25, 0.3) is 0 Å². The zero-order chi connectivity index (χ0) is 20.8. The van der Waals surface area contributed by atoms with Gasteiger partial charge in [-0.15, -0.1) is 0 Å². The van der Waals surface area contributed by atoms with Crippen molar-refractivity contribution in [3.63, 3.8) is 0 Å². The second kappa shape index (κ2) is 9.41. The predicted molar refractivity (Wildman–Crippen MR) is 107 cm³/mol. The van der Waals surface area contributed by atoms with Crippen LogP contribution in [0.3, 0.4) is 0 Å². The van der Waals surface area contributed by atoms with Crippen LogP contribution in [0.5, 0.6) is 11.5 Å². The minimum absolute atomic E-state index is 0.0334. The normalized spacial score (nSPS) is 14.4. The number of carbonyl (C=O) groups excluding carboxylic acids is 2. The molecule has 0 aliphatic carbocycles. The maximum Gasteiger partial charge on any atom is 0.255 e. The molecular weight excluding hydrogens is 375 g/mol. The van der Waals surface area contributed by atoms with Gasteiger partial charge in [-0.3, -0.25) is 9.59 Å². The molecule has 7 heteroatoms. The Balaban J connectivity index is 1.54. The highest BCUT2D eigenvalue weighted by Gasteiger charge is 2.25. The number of carbonyl (C=O) groups is 2. The molecule has 1 aliphatic rings. The highest BCUT2D eigenvalue weighted by molar-refractivity contribution is 5.97. The Hall–Kier alpha value is -3.09. The summed E-state index contributed by atoms with van der Waals surface area (Å²) in [6.45, 7) is 1.11. The van der Waals surface area contributed by atoms with Crippen molar-refractivity contribution in [1.82, 2.24) is 10.2 Å². The molecule has 1 saturated heterocycles. The van der Waals surface area contributed by atoms with Crippen molar-refractivity contribution >= 4 is 11.8 Å². The van der Waals surface area contributed by atoms with Crippen LogP contribution in [-0.2, 0) is 11.2 Å². The topological polar surface area (TPSA) is 67.9 Å². The van der Waals surface area contributed by atoms with Gasteiger partial charge in [0.15, 0.2) is 0 Å². The molecule has 0 atom stereocenters. The number of hydrogen-bond donors (Lipinski definition) is 1. The lowest BCUT2D eigenvalue weighted by Gasteiger charge is -2.32. The number of para-hydroxylation sites is 1. The van der Waals surface area contributed by atoms with Gasteiger partial charge in [-0.05, 0) is 37.1 Å². The van der Waals surface area contributed by atoms with E-state index in [-0.39, 0.29) is 29.8 Å². The highest BCUT2D eigenvalue weighted by atomic mass is 19.1. The Morgan fingerprint density at radius 2 is 1.76 bits per heavy atom. The van der Waals surface area contributed by atoms with Gasteiger partial charge in [-0.25, -0.2) is 4.39 Å². The minimum Gasteiger partial charge on any atom is -0.496 e. The Bertz CT molecular complexity index is 879. The number of benzene rings is 2. The lowest BCUT2D eigenvalue weighted by Crippen LogP contribution is -2.47. The summed E-state index contributed by atoms with van der Waals surface area (Å²) in [4.78, 5) is 27.0. The van der Waals surface area contributed by atoms with Crippen molar-refractivity contribution in [2.24, 2.45) is 0 Å². The number of piperidine rings is 1. The minimum atomic E-state index is -0.493. The molecule has 154 valence electrons. The summed E-state index contributed by atoms with van der Waals surface area (Å²) >= 11 is 0. The van der Waals surface area contributed by atoms with Gasteiger partial charge in [0, 0.05) is 24.7 Å². The summed E-state index contributed by atoms with van der Waals surface area (Å²) < 4.78 is 24.0. The number of nitrogens with one attached hydrogen (secondary N) is 1. The number of ether oxygens (including phenoxy) is 2. The molecule has 0 saturated carbocycles. The summed E-state index contributed by atoms with van der Waals surface area (Å²) in [6, 6.07) is 11.2. The predicted octanol–water partition coefficient (Wildman–Crippen LogP) is 2.81. The van der Waals surface area contributed by atoms with Crippen molar-refractivity contribution < 1.29 is 23.5 Å². The van der Waals surface area contributed by atoms with Crippen molar-refractivity contribution in [3.8, 4) is 11.5 Å². The standard InChI is InChI=1S/C22H25FN2O4/c1-28-19-6-4-3-5-15(19)13-21(26)25-11-9-17(10-12-25)24-22(27)18-14-16(23)7-8-20(18)29-2/h3-8,14,17H,9-13H2,1-2H3,(H,24,27). The monoisotopic (exact) mass is 400 g/mol. The molecule has 0 aromatic heterocycles. The van der Waals surface area contributed by atoms with Gasteiger partial charge in [-0.1, -0.05) is 18.2 Å². The van der Waals surface area contributed by atoms with Crippen LogP contribution in [-0.4, -0.2) is 50.1 Å². The molecule has 2 aromatic rings. The number of hydrogen-bond acceptors (Lipinski definition) is 4. The first-order chi connectivity index (χ1) is 14.0. The number of rotatable bonds is 6. The molecule has 6 nitrogen and oxygen atoms in total. The number of amides is 2. The molecule has 0 spiro atoms. The molecule has 1 heterocycles. The Morgan fingerprint density at radius 3 is 2.45 bits per heavy atom. The molecule has 2 aromatic carbocycles. The van der Waals surface area contributed by atoms with Crippen molar-refractivity contribution in [2.75, 3.05) is 27.3 Å². The van der Waals surface area contributed by atoms with Gasteiger partial charge in [0.25, 0.3) is 5.91 Å². The van der Waals surface area contributed by atoms with Gasteiger partial charge < -0.3 is 19.7 Å². The van der Waals surface area contributed by atoms with Crippen molar-refractivity contribution in [2.45, 2.75) is 25.3 Å². The van der Waals surface area contributed by atoms with E-state index in [0.29, 0.717) is 37.4 Å². The molecular formula is C22H25FN2O4. The molecule has 1 fully saturated rings. The van der Waals surface area contributed by atoms with Crippen LogP contribution in [0.15, 0.2) is 42.5 Å². The van der Waals surface area contributed by atoms with E-state index in [1.54, 1.807) is 12.0 Å². The third kappa shape index (κ3) is 5.04. The fourth-order valence-corrected chi connectivity index (χ4v) is 3.52. The van der Waals surface area contributed by atoms with Gasteiger partial charge >= 0.3 is 0 Å². The molecule has 29 heavy (non-hydrogen) atoms. The van der Waals surface area contributed by atoms with E-state index in [1.165, 1.54) is 25.3 Å². The number of nitrogens with zero attached hydrogens (tertiary/aromatic N) is 1. The first kappa shape index (κ1) is 20.6. The van der Waals surface area contributed by atoms with E-state index in [0.717, 1.165) is 5.56 Å². The van der Waals surface area contributed by atoms with E-state index in [4.69, 9.17) is 9.47 Å². The third-order valence-electron chi connectivity index (χ3n) is 5.12. The molecule has 1 aliphatic heterocycles.